The van der Waals surface area contributed by atoms with Gasteiger partial charge in [0.15, 0.2) is 11.9 Å². The number of rotatable bonds is 3. The number of nitrogens with zero attached hydrogens (tertiary/aromatic N) is 2. The minimum atomic E-state index is 0.0626. The topological polar surface area (TPSA) is 129 Å². The van der Waals surface area contributed by atoms with E-state index in [0.29, 0.717) is 5.92 Å². The standard InChI is InChI=1S/C18H22N6/c19-17(20)23-13-7-4-12(5-8-13)15-3-1-2-11-6-9-14(10-16(11)15)24-18(21)22/h4-10,15H,1-3H2,(H4,19,20,23)(H4,21,22,24). The Morgan fingerprint density at radius 2 is 1.46 bits per heavy atom. The lowest BCUT2D eigenvalue weighted by Crippen LogP contribution is -2.22. The third kappa shape index (κ3) is 3.48. The van der Waals surface area contributed by atoms with Gasteiger partial charge in [0.2, 0.25) is 0 Å². The maximum absolute atomic E-state index is 5.50. The molecule has 0 amide bonds. The van der Waals surface area contributed by atoms with Gasteiger partial charge in [-0.05, 0) is 60.2 Å². The van der Waals surface area contributed by atoms with Gasteiger partial charge in [0.25, 0.3) is 0 Å². The fraction of sp³-hybridized carbons (Fsp3) is 0.222. The lowest BCUT2D eigenvalue weighted by atomic mass is 9.79. The first-order chi connectivity index (χ1) is 11.5. The fourth-order valence-corrected chi connectivity index (χ4v) is 3.28. The second kappa shape index (κ2) is 6.62. The van der Waals surface area contributed by atoms with Crippen LogP contribution in [-0.4, -0.2) is 11.9 Å². The summed E-state index contributed by atoms with van der Waals surface area (Å²) in [4.78, 5) is 8.23. The molecule has 1 aliphatic rings. The van der Waals surface area contributed by atoms with Crippen molar-refractivity contribution in [2.75, 3.05) is 0 Å². The van der Waals surface area contributed by atoms with E-state index in [4.69, 9.17) is 22.9 Å². The molecule has 6 nitrogen and oxygen atoms in total. The van der Waals surface area contributed by atoms with E-state index in [-0.39, 0.29) is 11.9 Å². The van der Waals surface area contributed by atoms with Gasteiger partial charge in [0.1, 0.15) is 0 Å². The molecule has 24 heavy (non-hydrogen) atoms. The fourth-order valence-electron chi connectivity index (χ4n) is 3.28. The van der Waals surface area contributed by atoms with Crippen LogP contribution >= 0.6 is 0 Å². The second-order valence-electron chi connectivity index (χ2n) is 5.99. The summed E-state index contributed by atoms with van der Waals surface area (Å²) in [5.41, 5.74) is 27.3. The Labute approximate surface area is 141 Å². The molecule has 0 spiro atoms. The summed E-state index contributed by atoms with van der Waals surface area (Å²) in [5, 5.41) is 0. The first kappa shape index (κ1) is 15.9. The van der Waals surface area contributed by atoms with Gasteiger partial charge in [-0.1, -0.05) is 18.2 Å². The van der Waals surface area contributed by atoms with Crippen molar-refractivity contribution in [3.8, 4) is 0 Å². The number of fused-ring (bicyclic) bond motifs is 1. The monoisotopic (exact) mass is 322 g/mol. The van der Waals surface area contributed by atoms with Crippen LogP contribution in [0.4, 0.5) is 11.4 Å². The highest BCUT2D eigenvalue weighted by molar-refractivity contribution is 5.79. The Balaban J connectivity index is 1.96. The van der Waals surface area contributed by atoms with Crippen LogP contribution in [0.2, 0.25) is 0 Å². The van der Waals surface area contributed by atoms with Gasteiger partial charge >= 0.3 is 0 Å². The second-order valence-corrected chi connectivity index (χ2v) is 5.99. The smallest absolute Gasteiger partial charge is 0.191 e. The SMILES string of the molecule is NC(N)=Nc1ccc(C2CCCc3ccc(N=C(N)N)cc32)cc1. The maximum atomic E-state index is 5.50. The predicted molar refractivity (Wildman–Crippen MR) is 98.6 cm³/mol. The van der Waals surface area contributed by atoms with Crippen molar-refractivity contribution in [2.24, 2.45) is 32.9 Å². The molecule has 3 rings (SSSR count). The van der Waals surface area contributed by atoms with Gasteiger partial charge in [-0.3, -0.25) is 0 Å². The molecule has 0 aromatic heterocycles. The van der Waals surface area contributed by atoms with Gasteiger partial charge in [0.05, 0.1) is 11.4 Å². The summed E-state index contributed by atoms with van der Waals surface area (Å²) in [6.45, 7) is 0. The molecular formula is C18H22N6. The Morgan fingerprint density at radius 3 is 2.12 bits per heavy atom. The number of hydrogen-bond donors (Lipinski definition) is 4. The number of hydrogen-bond acceptors (Lipinski definition) is 2. The molecule has 124 valence electrons. The Bertz CT molecular complexity index is 784. The van der Waals surface area contributed by atoms with Crippen molar-refractivity contribution < 1.29 is 0 Å². The van der Waals surface area contributed by atoms with E-state index >= 15 is 0 Å². The van der Waals surface area contributed by atoms with Crippen LogP contribution in [0.3, 0.4) is 0 Å². The molecule has 0 bridgehead atoms. The molecule has 8 N–H and O–H groups in total. The average Bonchev–Trinajstić information content (AvgIpc) is 2.54. The molecular weight excluding hydrogens is 300 g/mol. The van der Waals surface area contributed by atoms with Crippen LogP contribution in [0.15, 0.2) is 52.4 Å². The predicted octanol–water partition coefficient (Wildman–Crippen LogP) is 1.96. The molecule has 1 aliphatic carbocycles. The van der Waals surface area contributed by atoms with E-state index in [0.717, 1.165) is 30.6 Å². The van der Waals surface area contributed by atoms with Crippen molar-refractivity contribution in [1.82, 2.24) is 0 Å². The largest absolute Gasteiger partial charge is 0.370 e. The van der Waals surface area contributed by atoms with Crippen LogP contribution in [0.25, 0.3) is 0 Å². The zero-order valence-corrected chi connectivity index (χ0v) is 13.4. The lowest BCUT2D eigenvalue weighted by Gasteiger charge is -2.26. The van der Waals surface area contributed by atoms with E-state index in [1.54, 1.807) is 0 Å². The summed E-state index contributed by atoms with van der Waals surface area (Å²) in [6, 6.07) is 14.2. The van der Waals surface area contributed by atoms with Crippen LogP contribution < -0.4 is 22.9 Å². The number of nitrogens with two attached hydrogens (primary N) is 4. The number of benzene rings is 2. The summed E-state index contributed by atoms with van der Waals surface area (Å²) >= 11 is 0. The van der Waals surface area contributed by atoms with Crippen LogP contribution in [0.5, 0.6) is 0 Å². The Morgan fingerprint density at radius 1 is 0.833 bits per heavy atom. The Kier molecular flexibility index (Phi) is 4.37. The molecule has 0 saturated carbocycles. The normalized spacial score (nSPS) is 16.1. The molecule has 0 fully saturated rings. The highest BCUT2D eigenvalue weighted by atomic mass is 15.0. The van der Waals surface area contributed by atoms with Crippen LogP contribution in [0.1, 0.15) is 35.4 Å². The minimum Gasteiger partial charge on any atom is -0.370 e. The van der Waals surface area contributed by atoms with Crippen LogP contribution in [0, 0.1) is 0 Å². The molecule has 2 aromatic rings. The lowest BCUT2D eigenvalue weighted by molar-refractivity contribution is 0.616. The molecule has 2 aromatic carbocycles. The first-order valence-electron chi connectivity index (χ1n) is 7.95. The van der Waals surface area contributed by atoms with Gasteiger partial charge in [-0.2, -0.15) is 0 Å². The number of aryl methyl sites for hydroxylation is 1. The van der Waals surface area contributed by atoms with E-state index in [1.165, 1.54) is 16.7 Å². The number of aliphatic imine (C=N–C) groups is 2. The van der Waals surface area contributed by atoms with Crippen molar-refractivity contribution in [2.45, 2.75) is 25.2 Å². The summed E-state index contributed by atoms with van der Waals surface area (Å²) < 4.78 is 0. The molecule has 0 saturated heterocycles. The van der Waals surface area contributed by atoms with E-state index < -0.39 is 0 Å². The van der Waals surface area contributed by atoms with Crippen molar-refractivity contribution >= 4 is 23.3 Å². The zero-order valence-electron chi connectivity index (χ0n) is 13.4. The van der Waals surface area contributed by atoms with E-state index in [1.807, 2.05) is 18.2 Å². The van der Waals surface area contributed by atoms with Crippen LogP contribution in [-0.2, 0) is 6.42 Å². The van der Waals surface area contributed by atoms with Gasteiger partial charge in [0, 0.05) is 5.92 Å². The quantitative estimate of drug-likeness (QED) is 0.508. The third-order valence-corrected chi connectivity index (χ3v) is 4.26. The molecule has 0 radical (unpaired) electrons. The van der Waals surface area contributed by atoms with Crippen molar-refractivity contribution in [3.63, 3.8) is 0 Å². The maximum Gasteiger partial charge on any atom is 0.191 e. The van der Waals surface area contributed by atoms with Gasteiger partial charge in [-0.15, -0.1) is 0 Å². The van der Waals surface area contributed by atoms with E-state index in [2.05, 4.69) is 34.3 Å². The summed E-state index contributed by atoms with van der Waals surface area (Å²) in [5.74, 6) is 0.465. The third-order valence-electron chi connectivity index (χ3n) is 4.26. The Hall–Kier alpha value is -3.02. The molecule has 0 aliphatic heterocycles. The van der Waals surface area contributed by atoms with Gasteiger partial charge < -0.3 is 22.9 Å². The zero-order chi connectivity index (χ0) is 17.1. The van der Waals surface area contributed by atoms with Gasteiger partial charge in [-0.25, -0.2) is 9.98 Å². The molecule has 0 heterocycles. The van der Waals surface area contributed by atoms with E-state index in [9.17, 15) is 0 Å². The highest BCUT2D eigenvalue weighted by Crippen LogP contribution is 2.38. The highest BCUT2D eigenvalue weighted by Gasteiger charge is 2.22. The van der Waals surface area contributed by atoms with Crippen molar-refractivity contribution in [1.29, 1.82) is 0 Å². The first-order valence-corrected chi connectivity index (χ1v) is 7.95. The minimum absolute atomic E-state index is 0.0626. The average molecular weight is 322 g/mol. The summed E-state index contributed by atoms with van der Waals surface area (Å²) in [7, 11) is 0. The molecule has 1 unspecified atom stereocenters. The number of guanidine groups is 2. The molecule has 6 heteroatoms. The van der Waals surface area contributed by atoms with Crippen molar-refractivity contribution in [3.05, 3.63) is 59.2 Å². The summed E-state index contributed by atoms with van der Waals surface area (Å²) in [6.07, 6.45) is 3.34. The molecule has 1 atom stereocenters.